The van der Waals surface area contributed by atoms with Gasteiger partial charge in [-0.15, -0.1) is 0 Å². The van der Waals surface area contributed by atoms with E-state index in [4.69, 9.17) is 44.9 Å². The molecule has 47 heavy (non-hydrogen) atoms. The van der Waals surface area contributed by atoms with E-state index in [-0.39, 0.29) is 35.2 Å². The van der Waals surface area contributed by atoms with E-state index in [1.165, 1.54) is 30.3 Å². The number of alkyl halides is 6. The first-order valence-electron chi connectivity index (χ1n) is 14.4. The van der Waals surface area contributed by atoms with Crippen LogP contribution in [0.15, 0.2) is 78.9 Å². The van der Waals surface area contributed by atoms with E-state index in [2.05, 4.69) is 21.0 Å². The third-order valence-electron chi connectivity index (χ3n) is 7.27. The molecular weight excluding hydrogens is 683 g/mol. The Morgan fingerprint density at radius 3 is 2.43 bits per heavy atom. The lowest BCUT2D eigenvalue weighted by Crippen LogP contribution is -2.33. The van der Waals surface area contributed by atoms with Crippen molar-refractivity contribution in [3.05, 3.63) is 113 Å². The molecule has 0 radical (unpaired) electrons. The van der Waals surface area contributed by atoms with Crippen molar-refractivity contribution in [2.45, 2.75) is 35.4 Å². The summed E-state index contributed by atoms with van der Waals surface area (Å²) in [6, 6.07) is 20.8. The van der Waals surface area contributed by atoms with Crippen molar-refractivity contribution in [2.75, 3.05) is 18.5 Å². The van der Waals surface area contributed by atoms with Crippen molar-refractivity contribution in [3.8, 4) is 5.69 Å². The maximum Gasteiger partial charge on any atom is 0.435 e. The summed E-state index contributed by atoms with van der Waals surface area (Å²) in [5.41, 5.74) is 1.07. The molecule has 1 unspecified atom stereocenters. The highest BCUT2D eigenvalue weighted by Gasteiger charge is 2.35. The summed E-state index contributed by atoms with van der Waals surface area (Å²) in [5.74, 6) is -0.402. The fraction of sp³-hybridized carbons (Fsp3) is 0.281. The molecule has 4 aromatic rings. The fourth-order valence-corrected chi connectivity index (χ4v) is 4.95. The van der Waals surface area contributed by atoms with Crippen LogP contribution in [0.1, 0.15) is 47.0 Å². The van der Waals surface area contributed by atoms with Crippen LogP contribution in [0, 0.1) is 17.1 Å². The summed E-state index contributed by atoms with van der Waals surface area (Å²) in [4.78, 5) is 12.0. The molecule has 5 rings (SSSR count). The Hall–Kier alpha value is -3.84. The van der Waals surface area contributed by atoms with Crippen LogP contribution in [-0.4, -0.2) is 38.7 Å². The molecule has 15 heteroatoms. The fourth-order valence-electron chi connectivity index (χ4n) is 4.78. The molecule has 0 bridgehead atoms. The molecule has 8 nitrogen and oxygen atoms in total. The number of hydrogen-bond acceptors (Lipinski definition) is 6. The largest absolute Gasteiger partial charge is 0.445 e. The zero-order chi connectivity index (χ0) is 33.8. The van der Waals surface area contributed by atoms with Gasteiger partial charge in [-0.25, -0.2) is 13.9 Å². The number of nitrogens with zero attached hydrogens (tertiary/aromatic N) is 2. The number of rotatable bonds is 11. The van der Waals surface area contributed by atoms with Crippen LogP contribution in [-0.2, 0) is 17.5 Å². The number of hydrogen-bond donors (Lipinski definition) is 4. The standard InChI is InChI=1S/C32H29Cl3F4N6O2/c33-31(34,35)18-47-30(46)43-29(40)22-7-4-8-23(13-22)45-24(15-27(44-45)32(37,38)39)17-41-26-14-21(11-12-25(26)36)28(42-16-19-9-10-19)20-5-2-1-3-6-20/h1-8,11-15,19,28,41-42H,9-10,16-18H2,(H2,40,43,46). The average molecular weight is 712 g/mol. The zero-order valence-corrected chi connectivity index (χ0v) is 26.8. The van der Waals surface area contributed by atoms with Gasteiger partial charge in [0, 0.05) is 5.56 Å². The minimum absolute atomic E-state index is 0.0623. The van der Waals surface area contributed by atoms with E-state index in [0.29, 0.717) is 5.92 Å². The number of halogens is 7. The summed E-state index contributed by atoms with van der Waals surface area (Å²) in [6.07, 6.45) is -3.52. The molecule has 1 saturated carbocycles. The maximum atomic E-state index is 15.1. The van der Waals surface area contributed by atoms with Crippen LogP contribution >= 0.6 is 34.8 Å². The molecule has 4 N–H and O–H groups in total. The third kappa shape index (κ3) is 9.60. The molecule has 1 aromatic heterocycles. The molecule has 1 heterocycles. The summed E-state index contributed by atoms with van der Waals surface area (Å²) in [7, 11) is 0. The SMILES string of the molecule is N=C(NC(=O)OCC(Cl)(Cl)Cl)c1cccc(-n2nc(C(F)(F)F)cc2CNc2cc(C(NCC3CC3)c3ccccc3)ccc2F)c1. The predicted octanol–water partition coefficient (Wildman–Crippen LogP) is 8.15. The Balaban J connectivity index is 1.38. The van der Waals surface area contributed by atoms with E-state index < -0.39 is 40.0 Å². The van der Waals surface area contributed by atoms with Crippen molar-refractivity contribution in [1.82, 2.24) is 20.4 Å². The monoisotopic (exact) mass is 710 g/mol. The molecule has 1 atom stereocenters. The van der Waals surface area contributed by atoms with E-state index in [9.17, 15) is 18.0 Å². The van der Waals surface area contributed by atoms with E-state index in [1.807, 2.05) is 30.3 Å². The number of amides is 1. The van der Waals surface area contributed by atoms with Gasteiger partial charge in [0.25, 0.3) is 0 Å². The number of ether oxygens (including phenoxy) is 1. The van der Waals surface area contributed by atoms with Gasteiger partial charge in [0.15, 0.2) is 5.69 Å². The molecule has 248 valence electrons. The molecule has 1 fully saturated rings. The second-order valence-electron chi connectivity index (χ2n) is 11.0. The minimum Gasteiger partial charge on any atom is -0.445 e. The van der Waals surface area contributed by atoms with Crippen LogP contribution in [0.4, 0.5) is 28.0 Å². The Labute approximate surface area is 282 Å². The molecule has 0 saturated heterocycles. The number of amidine groups is 1. The summed E-state index contributed by atoms with van der Waals surface area (Å²) in [5, 5.41) is 20.7. The predicted molar refractivity (Wildman–Crippen MR) is 173 cm³/mol. The number of benzene rings is 3. The van der Waals surface area contributed by atoms with Gasteiger partial charge < -0.3 is 15.4 Å². The number of alkyl carbamates (subject to hydrolysis) is 1. The van der Waals surface area contributed by atoms with Crippen LogP contribution < -0.4 is 16.0 Å². The van der Waals surface area contributed by atoms with E-state index in [0.717, 1.165) is 41.3 Å². The highest BCUT2D eigenvalue weighted by molar-refractivity contribution is 6.67. The summed E-state index contributed by atoms with van der Waals surface area (Å²) < 4.78 is 60.4. The molecule has 0 spiro atoms. The lowest BCUT2D eigenvalue weighted by Gasteiger charge is -2.21. The van der Waals surface area contributed by atoms with Gasteiger partial charge in [0.05, 0.1) is 29.7 Å². The Kier molecular flexibility index (Phi) is 10.6. The van der Waals surface area contributed by atoms with Crippen LogP contribution in [0.3, 0.4) is 0 Å². The van der Waals surface area contributed by atoms with Crippen LogP contribution in [0.5, 0.6) is 0 Å². The van der Waals surface area contributed by atoms with Crippen LogP contribution in [0.25, 0.3) is 5.69 Å². The summed E-state index contributed by atoms with van der Waals surface area (Å²) >= 11 is 16.7. The molecule has 1 aliphatic rings. The van der Waals surface area contributed by atoms with Crippen molar-refractivity contribution in [1.29, 1.82) is 5.41 Å². The van der Waals surface area contributed by atoms with Gasteiger partial charge in [-0.2, -0.15) is 18.3 Å². The quantitative estimate of drug-likeness (QED) is 0.0544. The normalized spacial score (nSPS) is 14.0. The second-order valence-corrected chi connectivity index (χ2v) is 13.5. The molecule has 0 aliphatic heterocycles. The van der Waals surface area contributed by atoms with Gasteiger partial charge in [0.1, 0.15) is 18.3 Å². The molecule has 1 aliphatic carbocycles. The first kappa shape index (κ1) is 34.5. The number of carbonyl (C=O) groups excluding carboxylic acids is 1. The zero-order valence-electron chi connectivity index (χ0n) is 24.6. The lowest BCUT2D eigenvalue weighted by atomic mass is 9.98. The van der Waals surface area contributed by atoms with Crippen molar-refractivity contribution in [2.24, 2.45) is 5.92 Å². The smallest absolute Gasteiger partial charge is 0.435 e. The van der Waals surface area contributed by atoms with Crippen molar-refractivity contribution >= 4 is 52.4 Å². The Bertz CT molecular complexity index is 1730. The van der Waals surface area contributed by atoms with Gasteiger partial charge in [-0.1, -0.05) is 83.3 Å². The highest BCUT2D eigenvalue weighted by atomic mass is 35.6. The third-order valence-corrected chi connectivity index (χ3v) is 7.60. The Morgan fingerprint density at radius 2 is 1.74 bits per heavy atom. The lowest BCUT2D eigenvalue weighted by molar-refractivity contribution is -0.141. The van der Waals surface area contributed by atoms with E-state index >= 15 is 4.39 Å². The van der Waals surface area contributed by atoms with Gasteiger partial charge in [-0.3, -0.25) is 10.7 Å². The van der Waals surface area contributed by atoms with Crippen LogP contribution in [0.2, 0.25) is 0 Å². The molecule has 3 aromatic carbocycles. The number of nitrogens with one attached hydrogen (secondary N) is 4. The first-order valence-corrected chi connectivity index (χ1v) is 15.6. The number of aromatic nitrogens is 2. The number of anilines is 1. The van der Waals surface area contributed by atoms with Gasteiger partial charge >= 0.3 is 12.3 Å². The van der Waals surface area contributed by atoms with Gasteiger partial charge in [-0.05, 0) is 66.8 Å². The second kappa shape index (κ2) is 14.5. The van der Waals surface area contributed by atoms with Crippen molar-refractivity contribution in [3.63, 3.8) is 0 Å². The van der Waals surface area contributed by atoms with Gasteiger partial charge in [0.2, 0.25) is 3.79 Å². The van der Waals surface area contributed by atoms with Crippen molar-refractivity contribution < 1.29 is 27.1 Å². The number of carbonyl (C=O) groups is 1. The molecular formula is C32H29Cl3F4N6O2. The summed E-state index contributed by atoms with van der Waals surface area (Å²) in [6.45, 7) is 0.00755. The first-order chi connectivity index (χ1) is 22.3. The maximum absolute atomic E-state index is 15.1. The molecule has 1 amide bonds. The Morgan fingerprint density at radius 1 is 1.00 bits per heavy atom. The highest BCUT2D eigenvalue weighted by Crippen LogP contribution is 2.33. The topological polar surface area (TPSA) is 104 Å². The van der Waals surface area contributed by atoms with E-state index in [1.54, 1.807) is 12.1 Å². The average Bonchev–Trinajstić information content (AvgIpc) is 3.75. The minimum atomic E-state index is -4.76.